The third-order valence-corrected chi connectivity index (χ3v) is 3.58. The molecule has 0 unspecified atom stereocenters. The largest absolute Gasteiger partial charge is 0.465 e. The first-order valence-electron chi connectivity index (χ1n) is 7.87. The molecule has 2 aromatic carbocycles. The number of esters is 1. The van der Waals surface area contributed by atoms with Crippen molar-refractivity contribution < 1.29 is 24.0 Å². The molecule has 2 aromatic rings. The molecule has 0 radical (unpaired) electrons. The van der Waals surface area contributed by atoms with Gasteiger partial charge in [-0.25, -0.2) is 4.79 Å². The van der Waals surface area contributed by atoms with Crippen LogP contribution >= 0.6 is 0 Å². The monoisotopic (exact) mass is 381 g/mol. The Morgan fingerprint density at radius 1 is 1.14 bits per heavy atom. The van der Waals surface area contributed by atoms with E-state index in [4.69, 9.17) is 6.42 Å². The fourth-order valence-electron chi connectivity index (χ4n) is 2.29. The number of non-ortho nitro benzene ring substituents is 1. The molecule has 2 rings (SSSR count). The second-order valence-corrected chi connectivity index (χ2v) is 5.40. The summed E-state index contributed by atoms with van der Waals surface area (Å²) in [5, 5.41) is 16.1. The topological polar surface area (TPSA) is 128 Å². The molecule has 0 atom stereocenters. The Morgan fingerprint density at radius 2 is 1.82 bits per heavy atom. The summed E-state index contributed by atoms with van der Waals surface area (Å²) in [5.41, 5.74) is -0.415. The molecule has 0 bridgehead atoms. The summed E-state index contributed by atoms with van der Waals surface area (Å²) >= 11 is 0. The van der Waals surface area contributed by atoms with Crippen molar-refractivity contribution in [3.05, 3.63) is 69.3 Å². The lowest BCUT2D eigenvalue weighted by Crippen LogP contribution is -2.25. The molecule has 0 aromatic heterocycles. The molecule has 0 aliphatic heterocycles. The van der Waals surface area contributed by atoms with E-state index in [1.54, 1.807) is 12.1 Å². The number of carbonyl (C=O) groups excluding carboxylic acids is 3. The van der Waals surface area contributed by atoms with Crippen LogP contribution in [0.5, 0.6) is 0 Å². The molecule has 0 aliphatic rings. The van der Waals surface area contributed by atoms with Gasteiger partial charge in [0.1, 0.15) is 0 Å². The van der Waals surface area contributed by atoms with Crippen LogP contribution in [-0.2, 0) is 4.74 Å². The number of ether oxygens (including phenoxy) is 1. The summed E-state index contributed by atoms with van der Waals surface area (Å²) < 4.78 is 4.55. The highest BCUT2D eigenvalue weighted by atomic mass is 16.6. The van der Waals surface area contributed by atoms with Gasteiger partial charge in [-0.2, -0.15) is 0 Å². The van der Waals surface area contributed by atoms with Crippen molar-refractivity contribution in [2.45, 2.75) is 0 Å². The Bertz CT molecular complexity index is 993. The Balaban J connectivity index is 2.37. The van der Waals surface area contributed by atoms with Crippen molar-refractivity contribution in [2.75, 3.05) is 19.0 Å². The predicted octanol–water partition coefficient (Wildman–Crippen LogP) is 2.00. The Morgan fingerprint density at radius 3 is 2.46 bits per heavy atom. The van der Waals surface area contributed by atoms with Crippen molar-refractivity contribution in [3.8, 4) is 12.3 Å². The van der Waals surface area contributed by atoms with Gasteiger partial charge in [0, 0.05) is 17.7 Å². The first-order valence-corrected chi connectivity index (χ1v) is 7.87. The molecule has 0 saturated carbocycles. The summed E-state index contributed by atoms with van der Waals surface area (Å²) in [6, 6.07) is 9.35. The van der Waals surface area contributed by atoms with Crippen LogP contribution in [0.3, 0.4) is 0 Å². The van der Waals surface area contributed by atoms with E-state index in [2.05, 4.69) is 21.3 Å². The number of terminal acetylenes is 1. The average molecular weight is 381 g/mol. The van der Waals surface area contributed by atoms with Crippen LogP contribution in [0.25, 0.3) is 0 Å². The lowest BCUT2D eigenvalue weighted by Gasteiger charge is -2.11. The van der Waals surface area contributed by atoms with Gasteiger partial charge in [-0.1, -0.05) is 18.1 Å². The predicted molar refractivity (Wildman–Crippen MR) is 100.0 cm³/mol. The van der Waals surface area contributed by atoms with Gasteiger partial charge >= 0.3 is 5.97 Å². The van der Waals surface area contributed by atoms with Crippen LogP contribution in [0.1, 0.15) is 31.1 Å². The van der Waals surface area contributed by atoms with Crippen molar-refractivity contribution >= 4 is 29.2 Å². The van der Waals surface area contributed by atoms with E-state index in [9.17, 15) is 24.5 Å². The van der Waals surface area contributed by atoms with Crippen LogP contribution in [0.2, 0.25) is 0 Å². The quantitative estimate of drug-likeness (QED) is 0.341. The van der Waals surface area contributed by atoms with Crippen molar-refractivity contribution in [1.29, 1.82) is 0 Å². The van der Waals surface area contributed by atoms with Crippen LogP contribution < -0.4 is 10.6 Å². The van der Waals surface area contributed by atoms with Crippen molar-refractivity contribution in [2.24, 2.45) is 0 Å². The smallest absolute Gasteiger partial charge is 0.338 e. The fraction of sp³-hybridized carbons (Fsp3) is 0.105. The average Bonchev–Trinajstić information content (AvgIpc) is 2.71. The first-order chi connectivity index (χ1) is 13.4. The van der Waals surface area contributed by atoms with E-state index in [1.807, 2.05) is 0 Å². The Kier molecular flexibility index (Phi) is 6.44. The number of nitrogens with one attached hydrogen (secondary N) is 2. The highest BCUT2D eigenvalue weighted by Gasteiger charge is 2.20. The molecule has 0 heterocycles. The first kappa shape index (κ1) is 20.1. The summed E-state index contributed by atoms with van der Waals surface area (Å²) in [6.45, 7) is 0.00842. The van der Waals surface area contributed by atoms with E-state index in [1.165, 1.54) is 12.1 Å². The standard InChI is InChI=1S/C19H15N3O6/c1-3-8-20-18(24)15-6-4-5-7-16(15)21-17(23)12-9-13(19(25)28-2)11-14(10-12)22(26)27/h1,4-7,9-11H,8H2,2H3,(H,20,24)(H,21,23). The maximum atomic E-state index is 12.6. The maximum absolute atomic E-state index is 12.6. The number of anilines is 1. The van der Waals surface area contributed by atoms with Gasteiger partial charge < -0.3 is 15.4 Å². The summed E-state index contributed by atoms with van der Waals surface area (Å²) in [5.74, 6) is 0.198. The number of benzene rings is 2. The van der Waals surface area contributed by atoms with Gasteiger partial charge in [-0.15, -0.1) is 6.42 Å². The lowest BCUT2D eigenvalue weighted by atomic mass is 10.1. The molecule has 0 aliphatic carbocycles. The molecule has 0 saturated heterocycles. The van der Waals surface area contributed by atoms with E-state index in [0.717, 1.165) is 25.3 Å². The molecule has 2 amide bonds. The molecule has 0 fully saturated rings. The number of hydrogen-bond donors (Lipinski definition) is 2. The molecular formula is C19H15N3O6. The van der Waals surface area contributed by atoms with Crippen LogP contribution in [-0.4, -0.2) is 36.4 Å². The fourth-order valence-corrected chi connectivity index (χ4v) is 2.29. The SMILES string of the molecule is C#CCNC(=O)c1ccccc1NC(=O)c1cc(C(=O)OC)cc([N+](=O)[O-])c1. The van der Waals surface area contributed by atoms with Crippen LogP contribution in [0, 0.1) is 22.5 Å². The van der Waals surface area contributed by atoms with Crippen molar-refractivity contribution in [1.82, 2.24) is 5.32 Å². The zero-order valence-electron chi connectivity index (χ0n) is 14.7. The Hall–Kier alpha value is -4.19. The summed E-state index contributed by atoms with van der Waals surface area (Å²) in [7, 11) is 1.12. The zero-order valence-corrected chi connectivity index (χ0v) is 14.7. The molecule has 9 nitrogen and oxygen atoms in total. The van der Waals surface area contributed by atoms with Gasteiger partial charge in [0.15, 0.2) is 0 Å². The zero-order chi connectivity index (χ0) is 20.7. The molecule has 9 heteroatoms. The molecule has 2 N–H and O–H groups in total. The number of nitro groups is 1. The van der Waals surface area contributed by atoms with E-state index in [0.29, 0.717) is 0 Å². The van der Waals surface area contributed by atoms with Crippen molar-refractivity contribution in [3.63, 3.8) is 0 Å². The summed E-state index contributed by atoms with van der Waals surface area (Å²) in [4.78, 5) is 46.8. The van der Waals surface area contributed by atoms with Gasteiger partial charge in [0.25, 0.3) is 17.5 Å². The van der Waals surface area contributed by atoms with Gasteiger partial charge in [0.2, 0.25) is 0 Å². The molecular weight excluding hydrogens is 366 g/mol. The van der Waals surface area contributed by atoms with Gasteiger partial charge in [-0.05, 0) is 18.2 Å². The number of amides is 2. The minimum atomic E-state index is -0.827. The van der Waals surface area contributed by atoms with Gasteiger partial charge in [-0.3, -0.25) is 19.7 Å². The molecule has 142 valence electrons. The minimum Gasteiger partial charge on any atom is -0.465 e. The lowest BCUT2D eigenvalue weighted by molar-refractivity contribution is -0.384. The maximum Gasteiger partial charge on any atom is 0.338 e. The third-order valence-electron chi connectivity index (χ3n) is 3.58. The minimum absolute atomic E-state index is 0.00842. The van der Waals surface area contributed by atoms with Crippen LogP contribution in [0.15, 0.2) is 42.5 Å². The second kappa shape index (κ2) is 8.95. The number of nitro benzene ring substituents is 1. The van der Waals surface area contributed by atoms with E-state index >= 15 is 0 Å². The van der Waals surface area contributed by atoms with E-state index < -0.39 is 28.4 Å². The summed E-state index contributed by atoms with van der Waals surface area (Å²) in [6.07, 6.45) is 5.11. The molecule has 0 spiro atoms. The number of methoxy groups -OCH3 is 1. The normalized spacial score (nSPS) is 9.71. The number of carbonyl (C=O) groups is 3. The van der Waals surface area contributed by atoms with Gasteiger partial charge in [0.05, 0.1) is 35.4 Å². The third kappa shape index (κ3) is 4.70. The number of hydrogen-bond acceptors (Lipinski definition) is 6. The highest BCUT2D eigenvalue weighted by molar-refractivity contribution is 6.10. The van der Waals surface area contributed by atoms with E-state index in [-0.39, 0.29) is 28.9 Å². The number of rotatable bonds is 6. The number of para-hydroxylation sites is 1. The Labute approximate surface area is 159 Å². The van der Waals surface area contributed by atoms with Crippen LogP contribution in [0.4, 0.5) is 11.4 Å². The highest BCUT2D eigenvalue weighted by Crippen LogP contribution is 2.21. The number of nitrogens with zero attached hydrogens (tertiary/aromatic N) is 1. The second-order valence-electron chi connectivity index (χ2n) is 5.40. The molecule has 28 heavy (non-hydrogen) atoms.